The van der Waals surface area contributed by atoms with Crippen molar-refractivity contribution in [1.82, 2.24) is 0 Å². The summed E-state index contributed by atoms with van der Waals surface area (Å²) in [4.78, 5) is 22.6. The van der Waals surface area contributed by atoms with Crippen molar-refractivity contribution in [3.05, 3.63) is 0 Å². The van der Waals surface area contributed by atoms with Crippen LogP contribution in [0.1, 0.15) is 39.5 Å². The van der Waals surface area contributed by atoms with Crippen LogP contribution in [-0.4, -0.2) is 23.7 Å². The van der Waals surface area contributed by atoms with Gasteiger partial charge in [-0.15, -0.1) is 0 Å². The van der Waals surface area contributed by atoms with Gasteiger partial charge < -0.3 is 9.84 Å². The van der Waals surface area contributed by atoms with E-state index in [0.29, 0.717) is 13.0 Å². The van der Waals surface area contributed by atoms with E-state index in [1.807, 2.05) is 13.8 Å². The zero-order valence-corrected chi connectivity index (χ0v) is 9.94. The fourth-order valence-electron chi connectivity index (χ4n) is 2.20. The van der Waals surface area contributed by atoms with Gasteiger partial charge in [0, 0.05) is 0 Å². The fraction of sp³-hybridized carbons (Fsp3) is 0.833. The zero-order valence-electron chi connectivity index (χ0n) is 9.94. The van der Waals surface area contributed by atoms with Gasteiger partial charge >= 0.3 is 11.9 Å². The van der Waals surface area contributed by atoms with Gasteiger partial charge in [-0.3, -0.25) is 9.59 Å². The summed E-state index contributed by atoms with van der Waals surface area (Å²) in [5.41, 5.74) is 0. The van der Waals surface area contributed by atoms with Gasteiger partial charge in [-0.1, -0.05) is 13.8 Å². The molecule has 3 unspecified atom stereocenters. The molecule has 0 amide bonds. The van der Waals surface area contributed by atoms with Crippen molar-refractivity contribution >= 4 is 11.9 Å². The van der Waals surface area contributed by atoms with Crippen LogP contribution in [0, 0.1) is 17.8 Å². The van der Waals surface area contributed by atoms with Gasteiger partial charge in [0.15, 0.2) is 0 Å². The van der Waals surface area contributed by atoms with Crippen LogP contribution in [0.4, 0.5) is 0 Å². The molecule has 92 valence electrons. The third kappa shape index (κ3) is 3.22. The van der Waals surface area contributed by atoms with Crippen molar-refractivity contribution in [3.8, 4) is 0 Å². The number of carboxylic acids is 1. The highest BCUT2D eigenvalue weighted by Crippen LogP contribution is 2.34. The number of hydrogen-bond donors (Lipinski definition) is 1. The minimum atomic E-state index is -0.791. The number of ether oxygens (including phenoxy) is 1. The topological polar surface area (TPSA) is 63.6 Å². The van der Waals surface area contributed by atoms with Gasteiger partial charge in [0.25, 0.3) is 0 Å². The molecule has 0 aromatic carbocycles. The Hall–Kier alpha value is -1.06. The average molecular weight is 228 g/mol. The third-order valence-electron chi connectivity index (χ3n) is 3.29. The largest absolute Gasteiger partial charge is 0.481 e. The van der Waals surface area contributed by atoms with E-state index in [-0.39, 0.29) is 17.8 Å². The third-order valence-corrected chi connectivity index (χ3v) is 3.29. The highest BCUT2D eigenvalue weighted by molar-refractivity contribution is 5.75. The minimum absolute atomic E-state index is 0.160. The van der Waals surface area contributed by atoms with Crippen molar-refractivity contribution in [2.45, 2.75) is 39.5 Å². The molecule has 0 aromatic rings. The molecule has 1 rings (SSSR count). The summed E-state index contributed by atoms with van der Waals surface area (Å²) in [6, 6.07) is 0. The molecule has 4 heteroatoms. The summed E-state index contributed by atoms with van der Waals surface area (Å²) in [5, 5.41) is 9.03. The number of hydrogen-bond acceptors (Lipinski definition) is 3. The number of carbonyl (C=O) groups excluding carboxylic acids is 1. The molecule has 4 nitrogen and oxygen atoms in total. The molecule has 0 radical (unpaired) electrons. The van der Waals surface area contributed by atoms with Crippen molar-refractivity contribution in [2.24, 2.45) is 17.8 Å². The van der Waals surface area contributed by atoms with Crippen LogP contribution in [0.15, 0.2) is 0 Å². The second-order valence-corrected chi connectivity index (χ2v) is 4.60. The highest BCUT2D eigenvalue weighted by atomic mass is 16.5. The Morgan fingerprint density at radius 3 is 2.62 bits per heavy atom. The first kappa shape index (κ1) is 13.0. The molecule has 0 aromatic heterocycles. The number of rotatable bonds is 4. The summed E-state index contributed by atoms with van der Waals surface area (Å²) in [6.07, 6.45) is 2.78. The van der Waals surface area contributed by atoms with E-state index in [2.05, 4.69) is 0 Å². The lowest BCUT2D eigenvalue weighted by Gasteiger charge is -2.30. The first-order valence-electron chi connectivity index (χ1n) is 5.95. The first-order chi connectivity index (χ1) is 7.56. The van der Waals surface area contributed by atoms with Gasteiger partial charge in [-0.25, -0.2) is 0 Å². The molecular formula is C12H20O4. The maximum absolute atomic E-state index is 11.6. The van der Waals surface area contributed by atoms with E-state index in [1.165, 1.54) is 0 Å². The van der Waals surface area contributed by atoms with Crippen LogP contribution < -0.4 is 0 Å². The Labute approximate surface area is 96.0 Å². The molecule has 0 bridgehead atoms. The monoisotopic (exact) mass is 228 g/mol. The molecule has 1 N–H and O–H groups in total. The van der Waals surface area contributed by atoms with Gasteiger partial charge in [-0.05, 0) is 31.6 Å². The highest BCUT2D eigenvalue weighted by Gasteiger charge is 2.36. The van der Waals surface area contributed by atoms with Gasteiger partial charge in [-0.2, -0.15) is 0 Å². The van der Waals surface area contributed by atoms with Gasteiger partial charge in [0.05, 0.1) is 18.4 Å². The molecule has 0 spiro atoms. The standard InChI is InChI=1S/C12H20O4/c1-3-6-16-12(15)9-5-4-8(2)10(7-9)11(13)14/h8-10H,3-7H2,1-2H3,(H,13,14). The molecule has 16 heavy (non-hydrogen) atoms. The number of esters is 1. The zero-order chi connectivity index (χ0) is 12.1. The van der Waals surface area contributed by atoms with E-state index in [9.17, 15) is 9.59 Å². The number of aliphatic carboxylic acids is 1. The van der Waals surface area contributed by atoms with Crippen LogP contribution in [0.3, 0.4) is 0 Å². The molecule has 1 fully saturated rings. The van der Waals surface area contributed by atoms with E-state index in [0.717, 1.165) is 19.3 Å². The van der Waals surface area contributed by atoms with Crippen LogP contribution in [0.25, 0.3) is 0 Å². The summed E-state index contributed by atoms with van der Waals surface area (Å²) < 4.78 is 5.06. The summed E-state index contributed by atoms with van der Waals surface area (Å²) in [6.45, 7) is 4.31. The molecular weight excluding hydrogens is 208 g/mol. The van der Waals surface area contributed by atoms with Crippen molar-refractivity contribution in [1.29, 1.82) is 0 Å². The quantitative estimate of drug-likeness (QED) is 0.748. The van der Waals surface area contributed by atoms with E-state index in [4.69, 9.17) is 9.84 Å². The van der Waals surface area contributed by atoms with Gasteiger partial charge in [0.1, 0.15) is 0 Å². The average Bonchev–Trinajstić information content (AvgIpc) is 2.26. The lowest BCUT2D eigenvalue weighted by atomic mass is 9.75. The van der Waals surface area contributed by atoms with Crippen LogP contribution >= 0.6 is 0 Å². The minimum Gasteiger partial charge on any atom is -0.481 e. The summed E-state index contributed by atoms with van der Waals surface area (Å²) in [7, 11) is 0. The van der Waals surface area contributed by atoms with E-state index in [1.54, 1.807) is 0 Å². The lowest BCUT2D eigenvalue weighted by Crippen LogP contribution is -2.33. The Balaban J connectivity index is 2.51. The smallest absolute Gasteiger partial charge is 0.308 e. The predicted molar refractivity (Wildman–Crippen MR) is 58.9 cm³/mol. The fourth-order valence-corrected chi connectivity index (χ4v) is 2.20. The van der Waals surface area contributed by atoms with E-state index >= 15 is 0 Å². The molecule has 3 atom stereocenters. The predicted octanol–water partition coefficient (Wildman–Crippen LogP) is 2.08. The van der Waals surface area contributed by atoms with Crippen molar-refractivity contribution in [2.75, 3.05) is 6.61 Å². The van der Waals surface area contributed by atoms with E-state index < -0.39 is 11.9 Å². The van der Waals surface area contributed by atoms with Crippen molar-refractivity contribution in [3.63, 3.8) is 0 Å². The molecule has 1 aliphatic carbocycles. The molecule has 0 saturated heterocycles. The molecule has 1 aliphatic rings. The molecule has 0 aliphatic heterocycles. The second-order valence-electron chi connectivity index (χ2n) is 4.60. The molecule has 1 saturated carbocycles. The summed E-state index contributed by atoms with van der Waals surface area (Å²) in [5.74, 6) is -1.47. The van der Waals surface area contributed by atoms with Crippen LogP contribution in [-0.2, 0) is 14.3 Å². The Morgan fingerprint density at radius 2 is 2.06 bits per heavy atom. The number of carboxylic acid groups (broad SMARTS) is 1. The lowest BCUT2D eigenvalue weighted by molar-refractivity contribution is -0.153. The normalized spacial score (nSPS) is 29.8. The van der Waals surface area contributed by atoms with Gasteiger partial charge in [0.2, 0.25) is 0 Å². The first-order valence-corrected chi connectivity index (χ1v) is 5.95. The Kier molecular flexibility index (Phi) is 4.77. The maximum atomic E-state index is 11.6. The van der Waals surface area contributed by atoms with Crippen LogP contribution in [0.2, 0.25) is 0 Å². The van der Waals surface area contributed by atoms with Crippen LogP contribution in [0.5, 0.6) is 0 Å². The Bertz CT molecular complexity index is 262. The Morgan fingerprint density at radius 1 is 1.38 bits per heavy atom. The van der Waals surface area contributed by atoms with Crippen molar-refractivity contribution < 1.29 is 19.4 Å². The molecule has 0 heterocycles. The number of carbonyl (C=O) groups is 2. The SMILES string of the molecule is CCCOC(=O)C1CCC(C)C(C(=O)O)C1. The maximum Gasteiger partial charge on any atom is 0.308 e. The summed E-state index contributed by atoms with van der Waals surface area (Å²) >= 11 is 0. The second kappa shape index (κ2) is 5.87.